The van der Waals surface area contributed by atoms with E-state index in [-0.39, 0.29) is 25.6 Å². The third-order valence-corrected chi connectivity index (χ3v) is 1.57. The maximum absolute atomic E-state index is 11.1. The third kappa shape index (κ3) is 3.38. The van der Waals surface area contributed by atoms with Gasteiger partial charge in [0.15, 0.2) is 0 Å². The highest BCUT2D eigenvalue weighted by molar-refractivity contribution is 5.85. The quantitative estimate of drug-likeness (QED) is 0.619. The van der Waals surface area contributed by atoms with Crippen molar-refractivity contribution in [3.63, 3.8) is 0 Å². The van der Waals surface area contributed by atoms with Gasteiger partial charge in [-0.05, 0) is 13.8 Å². The van der Waals surface area contributed by atoms with E-state index in [1.165, 1.54) is 0 Å². The number of nitrogens with two attached hydrogens (primary N) is 1. The zero-order chi connectivity index (χ0) is 8.91. The minimum atomic E-state index is -0.935. The Hall–Kier alpha value is -0.320. The van der Waals surface area contributed by atoms with Crippen LogP contribution < -0.4 is 5.73 Å². The highest BCUT2D eigenvalue weighted by atomic mass is 35.5. The van der Waals surface area contributed by atoms with Gasteiger partial charge in [-0.25, -0.2) is 0 Å². The van der Waals surface area contributed by atoms with Crippen LogP contribution in [0.15, 0.2) is 0 Å². The van der Waals surface area contributed by atoms with Crippen LogP contribution in [-0.4, -0.2) is 30.8 Å². The highest BCUT2D eigenvalue weighted by Crippen LogP contribution is 2.14. The van der Waals surface area contributed by atoms with Crippen LogP contribution in [0.1, 0.15) is 13.8 Å². The Morgan fingerprint density at radius 3 is 2.42 bits per heavy atom. The molecule has 0 radical (unpaired) electrons. The number of hydrogen-bond acceptors (Lipinski definition) is 4. The van der Waals surface area contributed by atoms with Gasteiger partial charge in [0.25, 0.3) is 0 Å². The minimum absolute atomic E-state index is 0. The van der Waals surface area contributed by atoms with E-state index in [2.05, 4.69) is 0 Å². The Morgan fingerprint density at radius 1 is 1.67 bits per heavy atom. The van der Waals surface area contributed by atoms with Crippen molar-refractivity contribution in [2.75, 3.05) is 19.8 Å². The SMILES string of the molecule is CCOC(=O)C(C)(CN)CO.Cl. The molecule has 0 aromatic carbocycles. The summed E-state index contributed by atoms with van der Waals surface area (Å²) in [6.45, 7) is 3.43. The molecule has 0 aliphatic carbocycles. The summed E-state index contributed by atoms with van der Waals surface area (Å²) in [4.78, 5) is 11.1. The first-order chi connectivity index (χ1) is 5.10. The molecule has 0 heterocycles. The van der Waals surface area contributed by atoms with Crippen molar-refractivity contribution in [3.05, 3.63) is 0 Å². The molecule has 0 rings (SSSR count). The number of ether oxygens (including phenoxy) is 1. The summed E-state index contributed by atoms with van der Waals surface area (Å²) in [5, 5.41) is 8.80. The fourth-order valence-corrected chi connectivity index (χ4v) is 0.518. The number of carbonyl (C=O) groups is 1. The number of rotatable bonds is 4. The number of esters is 1. The minimum Gasteiger partial charge on any atom is -0.465 e. The zero-order valence-electron chi connectivity index (χ0n) is 7.37. The predicted octanol–water partition coefficient (Wildman–Crippen LogP) is -0.0714. The molecule has 74 valence electrons. The Labute approximate surface area is 78.5 Å². The van der Waals surface area contributed by atoms with Crippen LogP contribution in [0.25, 0.3) is 0 Å². The number of hydrogen-bond donors (Lipinski definition) is 2. The Bertz CT molecular complexity index is 137. The molecule has 4 nitrogen and oxygen atoms in total. The van der Waals surface area contributed by atoms with Crippen LogP contribution in [-0.2, 0) is 9.53 Å². The summed E-state index contributed by atoms with van der Waals surface area (Å²) in [5.41, 5.74) is 4.35. The monoisotopic (exact) mass is 197 g/mol. The Morgan fingerprint density at radius 2 is 2.17 bits per heavy atom. The maximum atomic E-state index is 11.1. The molecule has 0 saturated heterocycles. The first-order valence-electron chi connectivity index (χ1n) is 3.59. The molecule has 0 aliphatic rings. The number of carbonyl (C=O) groups excluding carboxylic acids is 1. The Balaban J connectivity index is 0. The lowest BCUT2D eigenvalue weighted by atomic mass is 9.92. The molecule has 0 amide bonds. The largest absolute Gasteiger partial charge is 0.465 e. The second kappa shape index (κ2) is 6.22. The molecule has 12 heavy (non-hydrogen) atoms. The summed E-state index contributed by atoms with van der Waals surface area (Å²) in [6.07, 6.45) is 0. The molecule has 0 bridgehead atoms. The van der Waals surface area contributed by atoms with E-state index in [1.807, 2.05) is 0 Å². The van der Waals surface area contributed by atoms with Gasteiger partial charge < -0.3 is 15.6 Å². The third-order valence-electron chi connectivity index (χ3n) is 1.57. The van der Waals surface area contributed by atoms with Crippen LogP contribution in [0.3, 0.4) is 0 Å². The van der Waals surface area contributed by atoms with Crippen molar-refractivity contribution in [2.24, 2.45) is 11.1 Å². The summed E-state index contributed by atoms with van der Waals surface area (Å²) < 4.78 is 4.71. The van der Waals surface area contributed by atoms with Crippen LogP contribution >= 0.6 is 12.4 Å². The summed E-state index contributed by atoms with van der Waals surface area (Å²) in [5.74, 6) is -0.440. The average molecular weight is 198 g/mol. The van der Waals surface area contributed by atoms with E-state index in [0.29, 0.717) is 6.61 Å². The summed E-state index contributed by atoms with van der Waals surface area (Å²) in [6, 6.07) is 0. The van der Waals surface area contributed by atoms with Gasteiger partial charge in [0.2, 0.25) is 0 Å². The van der Waals surface area contributed by atoms with E-state index in [0.717, 1.165) is 0 Å². The van der Waals surface area contributed by atoms with Crippen LogP contribution in [0.5, 0.6) is 0 Å². The van der Waals surface area contributed by atoms with Gasteiger partial charge in [0.05, 0.1) is 13.2 Å². The summed E-state index contributed by atoms with van der Waals surface area (Å²) in [7, 11) is 0. The predicted molar refractivity (Wildman–Crippen MR) is 48.1 cm³/mol. The zero-order valence-corrected chi connectivity index (χ0v) is 8.19. The molecule has 0 aliphatic heterocycles. The van der Waals surface area contributed by atoms with Gasteiger partial charge in [-0.1, -0.05) is 0 Å². The molecule has 1 unspecified atom stereocenters. The van der Waals surface area contributed by atoms with E-state index < -0.39 is 11.4 Å². The second-order valence-electron chi connectivity index (χ2n) is 2.64. The number of halogens is 1. The molecule has 0 aromatic heterocycles. The smallest absolute Gasteiger partial charge is 0.315 e. The number of aliphatic hydroxyl groups is 1. The Kier molecular flexibility index (Phi) is 7.37. The van der Waals surface area contributed by atoms with Gasteiger partial charge in [-0.3, -0.25) is 4.79 Å². The maximum Gasteiger partial charge on any atom is 0.315 e. The molecule has 0 spiro atoms. The molecule has 1 atom stereocenters. The van der Waals surface area contributed by atoms with Crippen molar-refractivity contribution >= 4 is 18.4 Å². The standard InChI is InChI=1S/C7H15NO3.ClH/c1-3-11-6(10)7(2,4-8)5-9;/h9H,3-5,8H2,1-2H3;1H. The van der Waals surface area contributed by atoms with Crippen LogP contribution in [0, 0.1) is 5.41 Å². The first kappa shape index (κ1) is 14.2. The van der Waals surface area contributed by atoms with Gasteiger partial charge in [-0.2, -0.15) is 0 Å². The fourth-order valence-electron chi connectivity index (χ4n) is 0.518. The lowest BCUT2D eigenvalue weighted by Crippen LogP contribution is -2.40. The molecule has 0 saturated carbocycles. The summed E-state index contributed by atoms with van der Waals surface area (Å²) >= 11 is 0. The van der Waals surface area contributed by atoms with Gasteiger partial charge in [0, 0.05) is 6.54 Å². The highest BCUT2D eigenvalue weighted by Gasteiger charge is 2.32. The first-order valence-corrected chi connectivity index (χ1v) is 3.59. The molecular weight excluding hydrogens is 182 g/mol. The van der Waals surface area contributed by atoms with Crippen LogP contribution in [0.2, 0.25) is 0 Å². The average Bonchev–Trinajstić information content (AvgIpc) is 2.03. The molecule has 0 aromatic rings. The van der Waals surface area contributed by atoms with E-state index in [9.17, 15) is 4.79 Å². The van der Waals surface area contributed by atoms with Crippen molar-refractivity contribution in [1.29, 1.82) is 0 Å². The van der Waals surface area contributed by atoms with E-state index >= 15 is 0 Å². The lowest BCUT2D eigenvalue weighted by molar-refractivity contribution is -0.156. The van der Waals surface area contributed by atoms with Crippen LogP contribution in [0.4, 0.5) is 0 Å². The normalized spacial score (nSPS) is 14.3. The number of aliphatic hydroxyl groups excluding tert-OH is 1. The van der Waals surface area contributed by atoms with Gasteiger partial charge >= 0.3 is 5.97 Å². The van der Waals surface area contributed by atoms with Crippen molar-refractivity contribution < 1.29 is 14.6 Å². The lowest BCUT2D eigenvalue weighted by Gasteiger charge is -2.22. The second-order valence-corrected chi connectivity index (χ2v) is 2.64. The molecule has 5 heteroatoms. The van der Waals surface area contributed by atoms with Gasteiger partial charge in [0.1, 0.15) is 5.41 Å². The van der Waals surface area contributed by atoms with E-state index in [1.54, 1.807) is 13.8 Å². The van der Waals surface area contributed by atoms with Gasteiger partial charge in [-0.15, -0.1) is 12.4 Å². The fraction of sp³-hybridized carbons (Fsp3) is 0.857. The topological polar surface area (TPSA) is 72.5 Å². The molecule has 3 N–H and O–H groups in total. The van der Waals surface area contributed by atoms with Crippen molar-refractivity contribution in [2.45, 2.75) is 13.8 Å². The molecule has 0 fully saturated rings. The van der Waals surface area contributed by atoms with Crippen molar-refractivity contribution in [3.8, 4) is 0 Å². The van der Waals surface area contributed by atoms with Crippen molar-refractivity contribution in [1.82, 2.24) is 0 Å². The molecular formula is C7H16ClNO3. The van der Waals surface area contributed by atoms with E-state index in [4.69, 9.17) is 15.6 Å².